The SMILES string of the molecule is CO[C@H]1CN(C)C(=O)c2ccc(NS(C)(=O)=O)cc2OC[C@H](C)N(Cc2ccccn2)C[C@H]1C. The van der Waals surface area contributed by atoms with Crippen LogP contribution in [0, 0.1) is 5.92 Å². The Kier molecular flexibility index (Phi) is 8.51. The number of carbonyl (C=O) groups is 1. The molecule has 0 bridgehead atoms. The number of anilines is 1. The second-order valence-electron chi connectivity index (χ2n) is 8.93. The molecule has 0 fully saturated rings. The van der Waals surface area contributed by atoms with Crippen LogP contribution < -0.4 is 9.46 Å². The topological polar surface area (TPSA) is 101 Å². The number of fused-ring (bicyclic) bond motifs is 1. The van der Waals surface area contributed by atoms with Crippen molar-refractivity contribution in [2.24, 2.45) is 5.92 Å². The van der Waals surface area contributed by atoms with Crippen molar-refractivity contribution in [1.82, 2.24) is 14.8 Å². The number of sulfonamides is 1. The number of ether oxygens (including phenoxy) is 2. The van der Waals surface area contributed by atoms with Gasteiger partial charge in [0.05, 0.1) is 29.3 Å². The van der Waals surface area contributed by atoms with Crippen LogP contribution in [-0.2, 0) is 21.3 Å². The first-order valence-electron chi connectivity index (χ1n) is 11.2. The fraction of sp³-hybridized carbons (Fsp3) is 0.500. The van der Waals surface area contributed by atoms with Gasteiger partial charge in [-0.15, -0.1) is 0 Å². The Hall–Kier alpha value is -2.69. The van der Waals surface area contributed by atoms with Crippen LogP contribution >= 0.6 is 0 Å². The van der Waals surface area contributed by atoms with Gasteiger partial charge in [-0.25, -0.2) is 8.42 Å². The molecule has 10 heteroatoms. The van der Waals surface area contributed by atoms with Gasteiger partial charge in [-0.2, -0.15) is 0 Å². The third-order valence-corrected chi connectivity index (χ3v) is 6.58. The second kappa shape index (κ2) is 11.2. The number of methoxy groups -OCH3 is 1. The summed E-state index contributed by atoms with van der Waals surface area (Å²) >= 11 is 0. The van der Waals surface area contributed by atoms with Crippen LogP contribution in [0.25, 0.3) is 0 Å². The largest absolute Gasteiger partial charge is 0.491 e. The molecular formula is C24H34N4O5S. The van der Waals surface area contributed by atoms with Crippen molar-refractivity contribution in [3.05, 3.63) is 53.9 Å². The third-order valence-electron chi connectivity index (χ3n) is 5.97. The molecule has 1 aromatic carbocycles. The van der Waals surface area contributed by atoms with Crippen molar-refractivity contribution >= 4 is 21.6 Å². The van der Waals surface area contributed by atoms with Crippen LogP contribution in [0.2, 0.25) is 0 Å². The summed E-state index contributed by atoms with van der Waals surface area (Å²) in [7, 11) is -0.0771. The molecule has 0 saturated carbocycles. The minimum atomic E-state index is -3.47. The highest BCUT2D eigenvalue weighted by molar-refractivity contribution is 7.92. The van der Waals surface area contributed by atoms with Crippen LogP contribution in [0.5, 0.6) is 5.75 Å². The lowest BCUT2D eigenvalue weighted by Gasteiger charge is -2.35. The van der Waals surface area contributed by atoms with E-state index >= 15 is 0 Å². The van der Waals surface area contributed by atoms with Gasteiger partial charge in [0, 0.05) is 52.1 Å². The zero-order valence-corrected chi connectivity index (χ0v) is 21.2. The molecule has 2 heterocycles. The van der Waals surface area contributed by atoms with Crippen LogP contribution in [0.3, 0.4) is 0 Å². The summed E-state index contributed by atoms with van der Waals surface area (Å²) in [4.78, 5) is 21.6. The molecule has 34 heavy (non-hydrogen) atoms. The van der Waals surface area contributed by atoms with E-state index in [1.165, 1.54) is 0 Å². The predicted octanol–water partition coefficient (Wildman–Crippen LogP) is 2.46. The Morgan fingerprint density at radius 1 is 1.21 bits per heavy atom. The summed E-state index contributed by atoms with van der Waals surface area (Å²) < 4.78 is 37.8. The average molecular weight is 491 g/mol. The van der Waals surface area contributed by atoms with E-state index in [4.69, 9.17) is 9.47 Å². The van der Waals surface area contributed by atoms with Crippen LogP contribution in [0.4, 0.5) is 5.69 Å². The van der Waals surface area contributed by atoms with E-state index in [1.807, 2.05) is 18.2 Å². The predicted molar refractivity (Wildman–Crippen MR) is 131 cm³/mol. The standard InChI is InChI=1S/C24H34N4O5S/c1-17-13-28(14-20-8-6-7-11-25-20)18(2)16-33-22-12-19(26-34(5,30)31)9-10-21(22)24(29)27(3)15-23(17)32-4/h6-12,17-18,23,26H,13-16H2,1-5H3/t17-,18+,23+/m1/s1. The van der Waals surface area contributed by atoms with Crippen molar-refractivity contribution in [2.75, 3.05) is 44.8 Å². The molecule has 0 unspecified atom stereocenters. The Morgan fingerprint density at radius 2 is 1.97 bits per heavy atom. The van der Waals surface area contributed by atoms with Gasteiger partial charge < -0.3 is 14.4 Å². The molecule has 3 atom stereocenters. The minimum Gasteiger partial charge on any atom is -0.491 e. The number of nitrogens with one attached hydrogen (secondary N) is 1. The fourth-order valence-electron chi connectivity index (χ4n) is 4.04. The molecule has 1 aromatic heterocycles. The Bertz CT molecular complexity index is 1080. The van der Waals surface area contributed by atoms with Gasteiger partial charge in [-0.1, -0.05) is 13.0 Å². The van der Waals surface area contributed by atoms with E-state index in [0.717, 1.165) is 18.5 Å². The van der Waals surface area contributed by atoms with Gasteiger partial charge in [0.15, 0.2) is 0 Å². The van der Waals surface area contributed by atoms with Crippen molar-refractivity contribution in [3.63, 3.8) is 0 Å². The Labute approximate surface area is 202 Å². The molecule has 3 rings (SSSR count). The number of benzene rings is 1. The van der Waals surface area contributed by atoms with Crippen molar-refractivity contribution in [1.29, 1.82) is 0 Å². The number of likely N-dealkylation sites (N-methyl/N-ethyl adjacent to an activating group) is 1. The zero-order valence-electron chi connectivity index (χ0n) is 20.4. The Balaban J connectivity index is 1.96. The van der Waals surface area contributed by atoms with Gasteiger partial charge in [0.25, 0.3) is 5.91 Å². The molecule has 186 valence electrons. The summed E-state index contributed by atoms with van der Waals surface area (Å²) in [5, 5.41) is 0. The van der Waals surface area contributed by atoms with Crippen molar-refractivity contribution in [2.45, 2.75) is 32.5 Å². The average Bonchev–Trinajstić information content (AvgIpc) is 2.79. The van der Waals surface area contributed by atoms with Gasteiger partial charge in [0.1, 0.15) is 12.4 Å². The number of pyridine rings is 1. The molecule has 1 N–H and O–H groups in total. The van der Waals surface area contributed by atoms with E-state index in [1.54, 1.807) is 43.5 Å². The maximum Gasteiger partial charge on any atom is 0.257 e. The smallest absolute Gasteiger partial charge is 0.257 e. The lowest BCUT2D eigenvalue weighted by molar-refractivity contribution is 0.00901. The highest BCUT2D eigenvalue weighted by Crippen LogP contribution is 2.27. The van der Waals surface area contributed by atoms with Crippen LogP contribution in [-0.4, -0.2) is 81.4 Å². The zero-order chi connectivity index (χ0) is 24.9. The van der Waals surface area contributed by atoms with Crippen molar-refractivity contribution in [3.8, 4) is 5.75 Å². The lowest BCUT2D eigenvalue weighted by Crippen LogP contribution is -2.46. The summed E-state index contributed by atoms with van der Waals surface area (Å²) in [6.45, 7) is 6.27. The summed E-state index contributed by atoms with van der Waals surface area (Å²) in [5.74, 6) is 0.262. The molecule has 1 aliphatic heterocycles. The summed E-state index contributed by atoms with van der Waals surface area (Å²) in [6.07, 6.45) is 2.69. The number of aromatic nitrogens is 1. The number of nitrogens with zero attached hydrogens (tertiary/aromatic N) is 3. The maximum absolute atomic E-state index is 13.2. The number of carbonyl (C=O) groups excluding carboxylic acids is 1. The second-order valence-corrected chi connectivity index (χ2v) is 10.7. The highest BCUT2D eigenvalue weighted by Gasteiger charge is 2.28. The molecule has 9 nitrogen and oxygen atoms in total. The number of amides is 1. The molecule has 0 saturated heterocycles. The van der Waals surface area contributed by atoms with Crippen LogP contribution in [0.15, 0.2) is 42.6 Å². The molecule has 0 spiro atoms. The maximum atomic E-state index is 13.2. The summed E-state index contributed by atoms with van der Waals surface area (Å²) in [6, 6.07) is 10.6. The fourth-order valence-corrected chi connectivity index (χ4v) is 4.60. The van der Waals surface area contributed by atoms with E-state index in [0.29, 0.717) is 36.7 Å². The Morgan fingerprint density at radius 3 is 2.62 bits per heavy atom. The first-order valence-corrected chi connectivity index (χ1v) is 13.1. The quantitative estimate of drug-likeness (QED) is 0.687. The van der Waals surface area contributed by atoms with Gasteiger partial charge in [-0.3, -0.25) is 19.4 Å². The normalized spacial score (nSPS) is 22.8. The molecule has 2 aromatic rings. The molecular weight excluding hydrogens is 456 g/mol. The van der Waals surface area contributed by atoms with Crippen LogP contribution in [0.1, 0.15) is 29.9 Å². The number of hydrogen-bond acceptors (Lipinski definition) is 7. The van der Waals surface area contributed by atoms with E-state index in [9.17, 15) is 13.2 Å². The van der Waals surface area contributed by atoms with Gasteiger partial charge in [0.2, 0.25) is 10.0 Å². The lowest BCUT2D eigenvalue weighted by atomic mass is 10.0. The van der Waals surface area contributed by atoms with Gasteiger partial charge in [-0.05, 0) is 37.1 Å². The third kappa shape index (κ3) is 6.91. The monoisotopic (exact) mass is 490 g/mol. The number of rotatable bonds is 5. The molecule has 1 amide bonds. The molecule has 1 aliphatic rings. The number of hydrogen-bond donors (Lipinski definition) is 1. The van der Waals surface area contributed by atoms with E-state index in [2.05, 4.69) is 28.5 Å². The molecule has 0 radical (unpaired) electrons. The van der Waals surface area contributed by atoms with Gasteiger partial charge >= 0.3 is 0 Å². The highest BCUT2D eigenvalue weighted by atomic mass is 32.2. The first kappa shape index (κ1) is 25.9. The summed E-state index contributed by atoms with van der Waals surface area (Å²) in [5.41, 5.74) is 1.66. The first-order chi connectivity index (χ1) is 16.1. The van der Waals surface area contributed by atoms with E-state index in [-0.39, 0.29) is 24.0 Å². The minimum absolute atomic E-state index is 0.00593. The van der Waals surface area contributed by atoms with E-state index < -0.39 is 10.0 Å². The molecule has 0 aliphatic carbocycles. The van der Waals surface area contributed by atoms with Crippen molar-refractivity contribution < 1.29 is 22.7 Å².